The Labute approximate surface area is 126 Å². The number of alkyl halides is 3. The van der Waals surface area contributed by atoms with E-state index < -0.39 is 17.8 Å². The monoisotopic (exact) mass is 313 g/mol. The third-order valence-electron chi connectivity index (χ3n) is 3.35. The zero-order chi connectivity index (χ0) is 15.6. The number of halogens is 4. The van der Waals surface area contributed by atoms with E-state index in [4.69, 9.17) is 17.3 Å². The second kappa shape index (κ2) is 6.08. The van der Waals surface area contributed by atoms with Gasteiger partial charge in [0.1, 0.15) is 0 Å². The van der Waals surface area contributed by atoms with Crippen LogP contribution in [0.25, 0.3) is 0 Å². The van der Waals surface area contributed by atoms with Gasteiger partial charge in [-0.3, -0.25) is 0 Å². The highest BCUT2D eigenvalue weighted by molar-refractivity contribution is 6.30. The number of hydrogen-bond donors (Lipinski definition) is 1. The quantitative estimate of drug-likeness (QED) is 0.856. The van der Waals surface area contributed by atoms with Crippen LogP contribution < -0.4 is 5.73 Å². The van der Waals surface area contributed by atoms with Gasteiger partial charge in [-0.2, -0.15) is 13.2 Å². The molecule has 112 valence electrons. The SMILES string of the molecule is Cc1ccc(Cl)cc1C(N)Cc1cccc(C(F)(F)F)c1. The first-order chi connectivity index (χ1) is 9.77. The van der Waals surface area contributed by atoms with E-state index in [1.807, 2.05) is 13.0 Å². The Hall–Kier alpha value is -1.52. The van der Waals surface area contributed by atoms with Crippen molar-refractivity contribution in [3.05, 3.63) is 69.7 Å². The third kappa shape index (κ3) is 3.99. The van der Waals surface area contributed by atoms with E-state index in [0.717, 1.165) is 23.3 Å². The Balaban J connectivity index is 2.23. The topological polar surface area (TPSA) is 26.0 Å². The molecule has 5 heteroatoms. The highest BCUT2D eigenvalue weighted by atomic mass is 35.5. The zero-order valence-corrected chi connectivity index (χ0v) is 12.2. The van der Waals surface area contributed by atoms with Crippen LogP contribution in [0.1, 0.15) is 28.3 Å². The second-order valence-electron chi connectivity index (χ2n) is 5.01. The standard InChI is InChI=1S/C16H15ClF3N/c1-10-5-6-13(17)9-14(10)15(21)8-11-3-2-4-12(7-11)16(18,19)20/h2-7,9,15H,8,21H2,1H3. The van der Waals surface area contributed by atoms with Crippen LogP contribution >= 0.6 is 11.6 Å². The van der Waals surface area contributed by atoms with E-state index in [2.05, 4.69) is 0 Å². The summed E-state index contributed by atoms with van der Waals surface area (Å²) in [7, 11) is 0. The van der Waals surface area contributed by atoms with Crippen LogP contribution in [0.3, 0.4) is 0 Å². The number of rotatable bonds is 3. The molecule has 1 atom stereocenters. The van der Waals surface area contributed by atoms with Gasteiger partial charge < -0.3 is 5.73 Å². The summed E-state index contributed by atoms with van der Waals surface area (Å²) in [6.45, 7) is 1.90. The molecule has 0 amide bonds. The minimum absolute atomic E-state index is 0.325. The highest BCUT2D eigenvalue weighted by Gasteiger charge is 2.30. The Morgan fingerprint density at radius 2 is 1.86 bits per heavy atom. The van der Waals surface area contributed by atoms with Crippen molar-refractivity contribution in [3.63, 3.8) is 0 Å². The molecular formula is C16H15ClF3N. The number of nitrogens with two attached hydrogens (primary N) is 1. The van der Waals surface area contributed by atoms with Crippen LogP contribution in [0.2, 0.25) is 5.02 Å². The molecule has 1 nitrogen and oxygen atoms in total. The number of benzene rings is 2. The second-order valence-corrected chi connectivity index (χ2v) is 5.45. The summed E-state index contributed by atoms with van der Waals surface area (Å²) in [6.07, 6.45) is -4.02. The lowest BCUT2D eigenvalue weighted by atomic mass is 9.95. The third-order valence-corrected chi connectivity index (χ3v) is 3.59. The van der Waals surface area contributed by atoms with Crippen molar-refractivity contribution in [1.82, 2.24) is 0 Å². The van der Waals surface area contributed by atoms with Crippen molar-refractivity contribution in [2.45, 2.75) is 25.6 Å². The Kier molecular flexibility index (Phi) is 4.59. The number of hydrogen-bond acceptors (Lipinski definition) is 1. The first kappa shape index (κ1) is 15.9. The summed E-state index contributed by atoms with van der Waals surface area (Å²) >= 11 is 5.94. The Bertz CT molecular complexity index is 638. The molecule has 0 aliphatic carbocycles. The van der Waals surface area contributed by atoms with Gasteiger partial charge in [0.25, 0.3) is 0 Å². The summed E-state index contributed by atoms with van der Waals surface area (Å²) in [4.78, 5) is 0. The largest absolute Gasteiger partial charge is 0.416 e. The molecule has 0 saturated heterocycles. The van der Waals surface area contributed by atoms with E-state index >= 15 is 0 Å². The predicted molar refractivity (Wildman–Crippen MR) is 78.3 cm³/mol. The van der Waals surface area contributed by atoms with Gasteiger partial charge in [0.05, 0.1) is 5.56 Å². The number of aryl methyl sites for hydroxylation is 1. The van der Waals surface area contributed by atoms with Crippen LogP contribution in [-0.4, -0.2) is 0 Å². The molecule has 2 aromatic carbocycles. The van der Waals surface area contributed by atoms with Crippen LogP contribution in [0.5, 0.6) is 0 Å². The van der Waals surface area contributed by atoms with E-state index in [0.29, 0.717) is 17.0 Å². The molecule has 0 aliphatic rings. The highest BCUT2D eigenvalue weighted by Crippen LogP contribution is 2.30. The average molecular weight is 314 g/mol. The maximum absolute atomic E-state index is 12.7. The van der Waals surface area contributed by atoms with Gasteiger partial charge in [0.2, 0.25) is 0 Å². The smallest absolute Gasteiger partial charge is 0.324 e. The fraction of sp³-hybridized carbons (Fsp3) is 0.250. The molecule has 0 heterocycles. The van der Waals surface area contributed by atoms with Crippen molar-refractivity contribution in [2.75, 3.05) is 0 Å². The summed E-state index contributed by atoms with van der Waals surface area (Å²) < 4.78 is 38.1. The minimum atomic E-state index is -4.34. The van der Waals surface area contributed by atoms with Gasteiger partial charge in [-0.25, -0.2) is 0 Å². The van der Waals surface area contributed by atoms with Crippen LogP contribution in [0.15, 0.2) is 42.5 Å². The van der Waals surface area contributed by atoms with Crippen LogP contribution in [0, 0.1) is 6.92 Å². The van der Waals surface area contributed by atoms with Crippen molar-refractivity contribution < 1.29 is 13.2 Å². The maximum atomic E-state index is 12.7. The molecule has 0 spiro atoms. The van der Waals surface area contributed by atoms with Gasteiger partial charge in [-0.15, -0.1) is 0 Å². The van der Waals surface area contributed by atoms with Crippen molar-refractivity contribution in [2.24, 2.45) is 5.73 Å². The van der Waals surface area contributed by atoms with Gasteiger partial charge in [0, 0.05) is 11.1 Å². The fourth-order valence-corrected chi connectivity index (χ4v) is 2.43. The molecule has 0 radical (unpaired) electrons. The van der Waals surface area contributed by atoms with E-state index in [9.17, 15) is 13.2 Å². The lowest BCUT2D eigenvalue weighted by Crippen LogP contribution is -2.15. The summed E-state index contributed by atoms with van der Waals surface area (Å²) in [5.41, 5.74) is 7.83. The van der Waals surface area contributed by atoms with Gasteiger partial charge in [0.15, 0.2) is 0 Å². The molecule has 1 unspecified atom stereocenters. The van der Waals surface area contributed by atoms with Crippen LogP contribution in [0.4, 0.5) is 13.2 Å². The predicted octanol–water partition coefficient (Wildman–Crippen LogP) is 4.91. The molecule has 0 fully saturated rings. The molecule has 2 N–H and O–H groups in total. The van der Waals surface area contributed by atoms with Crippen LogP contribution in [-0.2, 0) is 12.6 Å². The summed E-state index contributed by atoms with van der Waals surface area (Å²) in [5, 5.41) is 0.565. The van der Waals surface area contributed by atoms with Gasteiger partial charge in [-0.05, 0) is 48.2 Å². The van der Waals surface area contributed by atoms with Gasteiger partial charge in [-0.1, -0.05) is 35.9 Å². The molecular weight excluding hydrogens is 299 g/mol. The molecule has 0 saturated carbocycles. The molecule has 2 rings (SSSR count). The normalized spacial score (nSPS) is 13.2. The minimum Gasteiger partial charge on any atom is -0.324 e. The Morgan fingerprint density at radius 3 is 2.52 bits per heavy atom. The van der Waals surface area contributed by atoms with Gasteiger partial charge >= 0.3 is 6.18 Å². The Morgan fingerprint density at radius 1 is 1.14 bits per heavy atom. The van der Waals surface area contributed by atoms with Crippen molar-refractivity contribution in [1.29, 1.82) is 0 Å². The molecule has 0 aliphatic heterocycles. The zero-order valence-electron chi connectivity index (χ0n) is 11.4. The van der Waals surface area contributed by atoms with E-state index in [1.54, 1.807) is 18.2 Å². The lowest BCUT2D eigenvalue weighted by Gasteiger charge is -2.16. The fourth-order valence-electron chi connectivity index (χ4n) is 2.25. The average Bonchev–Trinajstić information content (AvgIpc) is 2.41. The van der Waals surface area contributed by atoms with E-state index in [-0.39, 0.29) is 0 Å². The molecule has 21 heavy (non-hydrogen) atoms. The van der Waals surface area contributed by atoms with E-state index in [1.165, 1.54) is 6.07 Å². The summed E-state index contributed by atoms with van der Waals surface area (Å²) in [5.74, 6) is 0. The first-order valence-electron chi connectivity index (χ1n) is 6.45. The van der Waals surface area contributed by atoms with Crippen molar-refractivity contribution in [3.8, 4) is 0 Å². The first-order valence-corrected chi connectivity index (χ1v) is 6.83. The maximum Gasteiger partial charge on any atom is 0.416 e. The summed E-state index contributed by atoms with van der Waals surface area (Å²) in [6, 6.07) is 10.2. The van der Waals surface area contributed by atoms with Crippen molar-refractivity contribution >= 4 is 11.6 Å². The lowest BCUT2D eigenvalue weighted by molar-refractivity contribution is -0.137. The molecule has 0 bridgehead atoms. The molecule has 0 aromatic heterocycles. The molecule has 2 aromatic rings.